The molecule has 110 valence electrons. The lowest BCUT2D eigenvalue weighted by molar-refractivity contribution is 0.101. The van der Waals surface area contributed by atoms with E-state index in [2.05, 4.69) is 0 Å². The molecule has 0 unspecified atom stereocenters. The predicted octanol–water partition coefficient (Wildman–Crippen LogP) is 1.71. The van der Waals surface area contributed by atoms with Crippen molar-refractivity contribution in [3.05, 3.63) is 29.8 Å². The fourth-order valence-corrected chi connectivity index (χ4v) is 3.21. The van der Waals surface area contributed by atoms with Gasteiger partial charge in [-0.2, -0.15) is 14.8 Å². The Kier molecular flexibility index (Phi) is 6.04. The summed E-state index contributed by atoms with van der Waals surface area (Å²) >= 11 is 0. The van der Waals surface area contributed by atoms with Gasteiger partial charge in [-0.05, 0) is 19.1 Å². The number of Topliss-reactive ketones (excluding diaryl/α,β-unsaturated/α-hetero) is 1. The number of hydrogen-bond acceptors (Lipinski definition) is 5. The van der Waals surface area contributed by atoms with E-state index in [9.17, 15) is 13.2 Å². The van der Waals surface area contributed by atoms with Crippen LogP contribution in [-0.2, 0) is 10.0 Å². The summed E-state index contributed by atoms with van der Waals surface area (Å²) in [5.74, 6) is -0.229. The first-order valence-electron chi connectivity index (χ1n) is 6.28. The van der Waals surface area contributed by atoms with Gasteiger partial charge in [0.2, 0.25) is 10.0 Å². The number of nitriles is 2. The van der Waals surface area contributed by atoms with Gasteiger partial charge in [0.15, 0.2) is 5.78 Å². The fraction of sp³-hybridized carbons (Fsp3) is 0.357. The number of ketones is 1. The van der Waals surface area contributed by atoms with Gasteiger partial charge in [0.05, 0.1) is 17.0 Å². The molecule has 0 saturated heterocycles. The third-order valence-corrected chi connectivity index (χ3v) is 4.72. The average Bonchev–Trinajstić information content (AvgIpc) is 2.47. The highest BCUT2D eigenvalue weighted by atomic mass is 32.2. The lowest BCUT2D eigenvalue weighted by Gasteiger charge is -2.20. The monoisotopic (exact) mass is 305 g/mol. The van der Waals surface area contributed by atoms with E-state index in [4.69, 9.17) is 10.5 Å². The minimum absolute atomic E-state index is 0.00826. The Bertz CT molecular complexity index is 681. The first-order chi connectivity index (χ1) is 9.93. The van der Waals surface area contributed by atoms with Crippen molar-refractivity contribution in [2.75, 3.05) is 13.1 Å². The zero-order chi connectivity index (χ0) is 15.9. The second-order valence-electron chi connectivity index (χ2n) is 4.30. The van der Waals surface area contributed by atoms with Gasteiger partial charge in [0, 0.05) is 31.5 Å². The largest absolute Gasteiger partial charge is 0.295 e. The third-order valence-electron chi connectivity index (χ3n) is 2.82. The number of rotatable bonds is 7. The summed E-state index contributed by atoms with van der Waals surface area (Å²) in [6.07, 6.45) is 0.0775. The van der Waals surface area contributed by atoms with Crippen molar-refractivity contribution in [2.24, 2.45) is 0 Å². The van der Waals surface area contributed by atoms with E-state index in [1.807, 2.05) is 12.1 Å². The number of sulfonamides is 1. The molecule has 0 radical (unpaired) electrons. The standard InChI is InChI=1S/C14H15N3O3S/c1-12(18)13-5-2-6-14(11-13)21(19,20)17(9-3-7-15)10-4-8-16/h2,5-6,11H,3-4,9-10H2,1H3. The van der Waals surface area contributed by atoms with E-state index < -0.39 is 10.0 Å². The lowest BCUT2D eigenvalue weighted by atomic mass is 10.2. The molecule has 0 spiro atoms. The Labute approximate surface area is 124 Å². The maximum absolute atomic E-state index is 12.5. The number of nitrogens with zero attached hydrogens (tertiary/aromatic N) is 3. The van der Waals surface area contributed by atoms with Crippen molar-refractivity contribution in [3.63, 3.8) is 0 Å². The van der Waals surface area contributed by atoms with Crippen molar-refractivity contribution in [2.45, 2.75) is 24.7 Å². The number of carbonyl (C=O) groups excluding carboxylic acids is 1. The summed E-state index contributed by atoms with van der Waals surface area (Å²) in [6, 6.07) is 9.51. The zero-order valence-electron chi connectivity index (χ0n) is 11.6. The summed E-state index contributed by atoms with van der Waals surface area (Å²) in [4.78, 5) is 11.3. The average molecular weight is 305 g/mol. The molecule has 1 aromatic rings. The molecule has 0 aliphatic heterocycles. The minimum Gasteiger partial charge on any atom is -0.295 e. The normalized spacial score (nSPS) is 10.9. The van der Waals surface area contributed by atoms with Crippen LogP contribution in [0, 0.1) is 22.7 Å². The van der Waals surface area contributed by atoms with Crippen LogP contribution in [0.2, 0.25) is 0 Å². The molecule has 0 saturated carbocycles. The molecule has 0 heterocycles. The van der Waals surface area contributed by atoms with Crippen molar-refractivity contribution >= 4 is 15.8 Å². The van der Waals surface area contributed by atoms with Crippen LogP contribution in [-0.4, -0.2) is 31.6 Å². The molecule has 6 nitrogen and oxygen atoms in total. The van der Waals surface area contributed by atoms with Gasteiger partial charge in [0.25, 0.3) is 0 Å². The van der Waals surface area contributed by atoms with Crippen molar-refractivity contribution in [1.82, 2.24) is 4.31 Å². The predicted molar refractivity (Wildman–Crippen MR) is 75.7 cm³/mol. The molecule has 0 aliphatic carbocycles. The van der Waals surface area contributed by atoms with Gasteiger partial charge >= 0.3 is 0 Å². The maximum Gasteiger partial charge on any atom is 0.243 e. The topological polar surface area (TPSA) is 102 Å². The molecule has 1 aromatic carbocycles. The van der Waals surface area contributed by atoms with Gasteiger partial charge in [-0.15, -0.1) is 0 Å². The van der Waals surface area contributed by atoms with Crippen molar-refractivity contribution in [1.29, 1.82) is 10.5 Å². The molecule has 0 aliphatic rings. The molecule has 0 bridgehead atoms. The first kappa shape index (κ1) is 16.8. The van der Waals surface area contributed by atoms with Crippen LogP contribution in [0.5, 0.6) is 0 Å². The van der Waals surface area contributed by atoms with E-state index in [1.54, 1.807) is 0 Å². The second kappa shape index (κ2) is 7.53. The van der Waals surface area contributed by atoms with Gasteiger partial charge in [0.1, 0.15) is 0 Å². The highest BCUT2D eigenvalue weighted by Crippen LogP contribution is 2.18. The van der Waals surface area contributed by atoms with Crippen LogP contribution >= 0.6 is 0 Å². The van der Waals surface area contributed by atoms with E-state index in [0.717, 1.165) is 4.31 Å². The van der Waals surface area contributed by atoms with Crippen LogP contribution in [0.1, 0.15) is 30.1 Å². The van der Waals surface area contributed by atoms with Crippen LogP contribution < -0.4 is 0 Å². The molecule has 0 fully saturated rings. The molecule has 21 heavy (non-hydrogen) atoms. The Hall–Kier alpha value is -2.22. The molecule has 0 amide bonds. The van der Waals surface area contributed by atoms with Crippen LogP contribution in [0.15, 0.2) is 29.2 Å². The van der Waals surface area contributed by atoms with Gasteiger partial charge in [-0.3, -0.25) is 4.79 Å². The quantitative estimate of drug-likeness (QED) is 0.713. The summed E-state index contributed by atoms with van der Waals surface area (Å²) in [5.41, 5.74) is 0.302. The molecular formula is C14H15N3O3S. The highest BCUT2D eigenvalue weighted by Gasteiger charge is 2.24. The SMILES string of the molecule is CC(=O)c1cccc(S(=O)(=O)N(CCC#N)CCC#N)c1. The molecule has 7 heteroatoms. The van der Waals surface area contributed by atoms with Crippen molar-refractivity contribution < 1.29 is 13.2 Å². The molecule has 0 aromatic heterocycles. The summed E-state index contributed by atoms with van der Waals surface area (Å²) in [7, 11) is -3.82. The second-order valence-corrected chi connectivity index (χ2v) is 6.24. The third kappa shape index (κ3) is 4.38. The molecule has 0 N–H and O–H groups in total. The smallest absolute Gasteiger partial charge is 0.243 e. The van der Waals surface area contributed by atoms with Gasteiger partial charge in [-0.1, -0.05) is 12.1 Å². The Morgan fingerprint density at radius 2 is 1.76 bits per heavy atom. The number of benzene rings is 1. The van der Waals surface area contributed by atoms with Gasteiger partial charge < -0.3 is 0 Å². The maximum atomic E-state index is 12.5. The molecule has 1 rings (SSSR count). The Morgan fingerprint density at radius 3 is 2.24 bits per heavy atom. The summed E-state index contributed by atoms with van der Waals surface area (Å²) < 4.78 is 26.1. The van der Waals surface area contributed by atoms with Crippen LogP contribution in [0.25, 0.3) is 0 Å². The highest BCUT2D eigenvalue weighted by molar-refractivity contribution is 7.89. The van der Waals surface area contributed by atoms with Crippen LogP contribution in [0.3, 0.4) is 0 Å². The van der Waals surface area contributed by atoms with Crippen molar-refractivity contribution in [3.8, 4) is 12.1 Å². The summed E-state index contributed by atoms with van der Waals surface area (Å²) in [6.45, 7) is 1.39. The van der Waals surface area contributed by atoms with E-state index in [-0.39, 0.29) is 36.6 Å². The zero-order valence-corrected chi connectivity index (χ0v) is 12.4. The van der Waals surface area contributed by atoms with E-state index in [1.165, 1.54) is 31.2 Å². The fourth-order valence-electron chi connectivity index (χ4n) is 1.73. The first-order valence-corrected chi connectivity index (χ1v) is 7.72. The number of carbonyl (C=O) groups is 1. The Morgan fingerprint density at radius 1 is 1.19 bits per heavy atom. The Balaban J connectivity index is 3.16. The minimum atomic E-state index is -3.82. The van der Waals surface area contributed by atoms with Gasteiger partial charge in [-0.25, -0.2) is 8.42 Å². The number of hydrogen-bond donors (Lipinski definition) is 0. The van der Waals surface area contributed by atoms with Crippen LogP contribution in [0.4, 0.5) is 0 Å². The van der Waals surface area contributed by atoms with E-state index in [0.29, 0.717) is 5.56 Å². The molecule has 0 atom stereocenters. The molecular weight excluding hydrogens is 290 g/mol. The van der Waals surface area contributed by atoms with E-state index >= 15 is 0 Å². The summed E-state index contributed by atoms with van der Waals surface area (Å²) in [5, 5.41) is 17.2. The lowest BCUT2D eigenvalue weighted by Crippen LogP contribution is -2.33.